The Morgan fingerprint density at radius 3 is 2.57 bits per heavy atom. The van der Waals surface area contributed by atoms with E-state index in [0.29, 0.717) is 18.7 Å². The number of carbonyl (C=O) groups is 1. The molecule has 0 unspecified atom stereocenters. The van der Waals surface area contributed by atoms with Crippen molar-refractivity contribution in [1.82, 2.24) is 9.80 Å². The Morgan fingerprint density at radius 1 is 1.19 bits per heavy atom. The van der Waals surface area contributed by atoms with Crippen LogP contribution in [-0.2, 0) is 9.84 Å². The van der Waals surface area contributed by atoms with Crippen LogP contribution in [0.25, 0.3) is 0 Å². The van der Waals surface area contributed by atoms with E-state index >= 15 is 0 Å². The van der Waals surface area contributed by atoms with Crippen LogP contribution in [-0.4, -0.2) is 63.6 Å². The van der Waals surface area contributed by atoms with Crippen molar-refractivity contribution in [2.24, 2.45) is 0 Å². The average Bonchev–Trinajstić information content (AvgIpc) is 2.62. The van der Waals surface area contributed by atoms with Crippen LogP contribution in [0.5, 0.6) is 0 Å². The van der Waals surface area contributed by atoms with E-state index in [1.165, 1.54) is 12.1 Å². The summed E-state index contributed by atoms with van der Waals surface area (Å²) < 4.78 is 23.4. The highest BCUT2D eigenvalue weighted by atomic mass is 35.5. The monoisotopic (exact) mass is 330 g/mol. The molecule has 116 valence electrons. The van der Waals surface area contributed by atoms with E-state index in [2.05, 4.69) is 4.90 Å². The molecule has 1 aliphatic heterocycles. The lowest BCUT2D eigenvalue weighted by molar-refractivity contribution is 0.0762. The highest BCUT2D eigenvalue weighted by molar-refractivity contribution is 7.90. The fourth-order valence-corrected chi connectivity index (χ4v) is 3.65. The van der Waals surface area contributed by atoms with Crippen LogP contribution in [0.4, 0.5) is 0 Å². The maximum atomic E-state index is 12.5. The zero-order valence-electron chi connectivity index (χ0n) is 12.2. The predicted octanol–water partition coefficient (Wildman–Crippen LogP) is 1.52. The fourth-order valence-electron chi connectivity index (χ4n) is 2.35. The molecule has 1 aromatic carbocycles. The Kier molecular flexibility index (Phi) is 4.91. The fraction of sp³-hybridized carbons (Fsp3) is 0.500. The van der Waals surface area contributed by atoms with E-state index in [-0.39, 0.29) is 15.8 Å². The maximum Gasteiger partial charge on any atom is 0.253 e. The number of amides is 1. The number of sulfone groups is 1. The number of nitrogens with zero attached hydrogens (tertiary/aromatic N) is 2. The molecule has 1 heterocycles. The first-order valence-electron chi connectivity index (χ1n) is 6.76. The zero-order chi connectivity index (χ0) is 15.6. The molecule has 1 aliphatic rings. The summed E-state index contributed by atoms with van der Waals surface area (Å²) in [7, 11) is -1.42. The Morgan fingerprint density at radius 2 is 1.90 bits per heavy atom. The van der Waals surface area contributed by atoms with Gasteiger partial charge in [0.1, 0.15) is 0 Å². The summed E-state index contributed by atoms with van der Waals surface area (Å²) in [5, 5.41) is 0.143. The number of halogens is 1. The molecule has 0 spiro atoms. The Balaban J connectivity index is 2.27. The van der Waals surface area contributed by atoms with Gasteiger partial charge in [-0.3, -0.25) is 4.79 Å². The first-order chi connectivity index (χ1) is 9.79. The average molecular weight is 331 g/mol. The zero-order valence-corrected chi connectivity index (χ0v) is 13.7. The molecule has 1 fully saturated rings. The molecule has 0 radical (unpaired) electrons. The number of hydrogen-bond acceptors (Lipinski definition) is 4. The lowest BCUT2D eigenvalue weighted by Crippen LogP contribution is -2.34. The molecule has 0 aromatic heterocycles. The summed E-state index contributed by atoms with van der Waals surface area (Å²) in [5.74, 6) is -0.146. The minimum absolute atomic E-state index is 0.00181. The van der Waals surface area contributed by atoms with Gasteiger partial charge in [-0.05, 0) is 38.2 Å². The van der Waals surface area contributed by atoms with Gasteiger partial charge in [0.25, 0.3) is 5.91 Å². The van der Waals surface area contributed by atoms with Gasteiger partial charge in [0.2, 0.25) is 0 Å². The van der Waals surface area contributed by atoms with Gasteiger partial charge in [-0.1, -0.05) is 11.6 Å². The Hall–Kier alpha value is -1.11. The second kappa shape index (κ2) is 6.34. The van der Waals surface area contributed by atoms with Crippen molar-refractivity contribution in [2.45, 2.75) is 11.3 Å². The molecule has 0 bridgehead atoms. The smallest absolute Gasteiger partial charge is 0.253 e. The predicted molar refractivity (Wildman–Crippen MR) is 82.6 cm³/mol. The van der Waals surface area contributed by atoms with Crippen molar-refractivity contribution in [3.05, 3.63) is 28.8 Å². The molecule has 1 amide bonds. The van der Waals surface area contributed by atoms with Gasteiger partial charge >= 0.3 is 0 Å². The van der Waals surface area contributed by atoms with Crippen LogP contribution < -0.4 is 0 Å². The molecule has 5 nitrogen and oxygen atoms in total. The molecule has 1 aromatic rings. The Labute approximate surface area is 130 Å². The van der Waals surface area contributed by atoms with E-state index in [4.69, 9.17) is 11.6 Å². The van der Waals surface area contributed by atoms with Crippen LogP contribution in [0.3, 0.4) is 0 Å². The van der Waals surface area contributed by atoms with Gasteiger partial charge in [-0.15, -0.1) is 0 Å². The lowest BCUT2D eigenvalue weighted by atomic mass is 10.2. The molecular weight excluding hydrogens is 312 g/mol. The van der Waals surface area contributed by atoms with Gasteiger partial charge in [0, 0.05) is 31.5 Å². The Bertz CT molecular complexity index is 646. The van der Waals surface area contributed by atoms with Crippen LogP contribution in [0, 0.1) is 0 Å². The van der Waals surface area contributed by atoms with Crippen LogP contribution in [0.2, 0.25) is 5.02 Å². The molecule has 0 saturated carbocycles. The van der Waals surface area contributed by atoms with E-state index in [1.807, 2.05) is 7.05 Å². The minimum Gasteiger partial charge on any atom is -0.337 e. The van der Waals surface area contributed by atoms with Crippen molar-refractivity contribution in [2.75, 3.05) is 39.5 Å². The van der Waals surface area contributed by atoms with Gasteiger partial charge in [-0.2, -0.15) is 0 Å². The topological polar surface area (TPSA) is 57.7 Å². The van der Waals surface area contributed by atoms with Crippen molar-refractivity contribution in [1.29, 1.82) is 0 Å². The van der Waals surface area contributed by atoms with Crippen LogP contribution in [0.1, 0.15) is 16.8 Å². The molecule has 1 saturated heterocycles. The van der Waals surface area contributed by atoms with Crippen molar-refractivity contribution in [3.63, 3.8) is 0 Å². The molecule has 7 heteroatoms. The summed E-state index contributed by atoms with van der Waals surface area (Å²) >= 11 is 5.91. The summed E-state index contributed by atoms with van der Waals surface area (Å²) in [6.07, 6.45) is 2.00. The SMILES string of the molecule is CN1CCCN(C(=O)c2ccc(Cl)c(S(C)(=O)=O)c2)CC1. The summed E-state index contributed by atoms with van der Waals surface area (Å²) in [6, 6.07) is 4.41. The standard InChI is InChI=1S/C14H19ClN2O3S/c1-16-6-3-7-17(9-8-16)14(18)11-4-5-12(15)13(10-11)21(2,19)20/h4-5,10H,3,6-9H2,1-2H3. The quantitative estimate of drug-likeness (QED) is 0.825. The third-order valence-corrected chi connectivity index (χ3v) is 5.16. The highest BCUT2D eigenvalue weighted by Crippen LogP contribution is 2.23. The molecule has 0 aliphatic carbocycles. The van der Waals surface area contributed by atoms with Gasteiger partial charge in [0.05, 0.1) is 9.92 Å². The number of hydrogen-bond donors (Lipinski definition) is 0. The van der Waals surface area contributed by atoms with E-state index < -0.39 is 9.84 Å². The molecule has 0 atom stereocenters. The van der Waals surface area contributed by atoms with Gasteiger partial charge in [0.15, 0.2) is 9.84 Å². The summed E-state index contributed by atoms with van der Waals surface area (Å²) in [6.45, 7) is 3.10. The van der Waals surface area contributed by atoms with Gasteiger partial charge < -0.3 is 9.80 Å². The highest BCUT2D eigenvalue weighted by Gasteiger charge is 2.21. The van der Waals surface area contributed by atoms with Crippen molar-refractivity contribution < 1.29 is 13.2 Å². The first-order valence-corrected chi connectivity index (χ1v) is 9.03. The second-order valence-corrected chi connectivity index (χ2v) is 7.76. The maximum absolute atomic E-state index is 12.5. The summed E-state index contributed by atoms with van der Waals surface area (Å²) in [5.41, 5.74) is 0.365. The molecular formula is C14H19ClN2O3S. The normalized spacial score (nSPS) is 17.6. The molecule has 21 heavy (non-hydrogen) atoms. The van der Waals surface area contributed by atoms with Gasteiger partial charge in [-0.25, -0.2) is 8.42 Å². The van der Waals surface area contributed by atoms with E-state index in [0.717, 1.165) is 25.8 Å². The first kappa shape index (κ1) is 16.3. The number of rotatable bonds is 2. The molecule has 0 N–H and O–H groups in total. The van der Waals surface area contributed by atoms with Crippen LogP contribution in [0.15, 0.2) is 23.1 Å². The number of likely N-dealkylation sites (N-methyl/N-ethyl adjacent to an activating group) is 1. The van der Waals surface area contributed by atoms with Crippen LogP contribution >= 0.6 is 11.6 Å². The second-order valence-electron chi connectivity index (χ2n) is 5.37. The third kappa shape index (κ3) is 3.96. The van der Waals surface area contributed by atoms with E-state index in [1.54, 1.807) is 11.0 Å². The van der Waals surface area contributed by atoms with Crippen molar-refractivity contribution in [3.8, 4) is 0 Å². The summed E-state index contributed by atoms with van der Waals surface area (Å²) in [4.78, 5) is 16.5. The number of benzene rings is 1. The number of carbonyl (C=O) groups excluding carboxylic acids is 1. The van der Waals surface area contributed by atoms with E-state index in [9.17, 15) is 13.2 Å². The minimum atomic E-state index is -3.45. The van der Waals surface area contributed by atoms with Crippen molar-refractivity contribution >= 4 is 27.3 Å². The largest absolute Gasteiger partial charge is 0.337 e. The third-order valence-electron chi connectivity index (χ3n) is 3.58. The molecule has 2 rings (SSSR count). The lowest BCUT2D eigenvalue weighted by Gasteiger charge is -2.21.